The molecular weight excluding hydrogens is 702 g/mol. The number of para-hydroxylation sites is 1. The number of likely N-dealkylation sites (N-methyl/N-ethyl adjacent to an activating group) is 1. The second-order valence-corrected chi connectivity index (χ2v) is 14.1. The Morgan fingerprint density at radius 2 is 1.86 bits per heavy atom. The highest BCUT2D eigenvalue weighted by atomic mass is 35.5. The number of benzene rings is 3. The Bertz CT molecular complexity index is 1670. The highest BCUT2D eigenvalue weighted by molar-refractivity contribution is 6.42. The molecule has 3 unspecified atom stereocenters. The summed E-state index contributed by atoms with van der Waals surface area (Å²) in [5, 5.41) is 0.851. The fourth-order valence-electron chi connectivity index (χ4n) is 7.24. The Hall–Kier alpha value is -3.31. The lowest BCUT2D eigenvalue weighted by molar-refractivity contribution is -0.274. The van der Waals surface area contributed by atoms with Crippen LogP contribution in [0.15, 0.2) is 65.7 Å². The number of alkyl halides is 3. The van der Waals surface area contributed by atoms with Crippen LogP contribution in [-0.2, 0) is 4.74 Å². The summed E-state index contributed by atoms with van der Waals surface area (Å²) in [4.78, 5) is 22.7. The van der Waals surface area contributed by atoms with E-state index >= 15 is 0 Å². The molecule has 0 aromatic heterocycles. The van der Waals surface area contributed by atoms with E-state index in [-0.39, 0.29) is 17.2 Å². The summed E-state index contributed by atoms with van der Waals surface area (Å²) in [6.07, 6.45) is 1.05. The van der Waals surface area contributed by atoms with Gasteiger partial charge in [-0.3, -0.25) is 9.79 Å². The number of ether oxygens (including phenoxy) is 3. The van der Waals surface area contributed by atoms with Crippen molar-refractivity contribution in [1.29, 1.82) is 0 Å². The summed E-state index contributed by atoms with van der Waals surface area (Å²) < 4.78 is 54.0. The molecule has 2 aliphatic rings. The fraction of sp³-hybridized carbons (Fsp3) is 0.487. The van der Waals surface area contributed by atoms with Crippen molar-refractivity contribution >= 4 is 40.5 Å². The van der Waals surface area contributed by atoms with Gasteiger partial charge in [-0.15, -0.1) is 13.2 Å². The van der Waals surface area contributed by atoms with Crippen molar-refractivity contribution in [3.8, 4) is 11.5 Å². The van der Waals surface area contributed by atoms with Gasteiger partial charge in [-0.1, -0.05) is 47.5 Å². The molecule has 0 spiro atoms. The van der Waals surface area contributed by atoms with E-state index in [0.29, 0.717) is 35.0 Å². The number of carbonyl (C=O) groups excluding carboxylic acids is 1. The number of aliphatic imine (C=N–C) groups is 1. The Balaban J connectivity index is 1.24. The van der Waals surface area contributed by atoms with Crippen LogP contribution in [0.1, 0.15) is 78.8 Å². The molecule has 0 aliphatic carbocycles. The normalized spacial score (nSPS) is 18.5. The highest BCUT2D eigenvalue weighted by Crippen LogP contribution is 2.40. The molecule has 2 aliphatic heterocycles. The minimum atomic E-state index is -4.89. The molecular formula is C39H46Cl2F3N3O4. The molecule has 1 fully saturated rings. The van der Waals surface area contributed by atoms with Crippen molar-refractivity contribution in [2.24, 2.45) is 10.9 Å². The van der Waals surface area contributed by atoms with Crippen molar-refractivity contribution in [1.82, 2.24) is 9.80 Å². The van der Waals surface area contributed by atoms with Gasteiger partial charge >= 0.3 is 6.36 Å². The zero-order valence-corrected chi connectivity index (χ0v) is 30.9. The van der Waals surface area contributed by atoms with Gasteiger partial charge < -0.3 is 24.0 Å². The SMILES string of the molecule is CCOCCC1C(CC2CCCN(CCC(CN(C)C(=O)c3cc(OC(F)(F)F)ccc3OC)c3ccc(Cl)c(Cl)c3)CC2)=Nc2ccccc21. The standard InChI is InChI=1S/C39H46Cl2F3N3O4/c1-4-50-21-17-31-30-9-5-6-10-35(30)45-36(31)22-26-8-7-18-47(19-15-26)20-16-28(27-11-13-33(40)34(41)23-27)25-46(2)38(48)32-24-29(51-39(42,43)44)12-14-37(32)49-3/h5-6,9-14,23-24,26,28,31H,4,7-8,15-22,25H2,1-3H3. The first-order chi connectivity index (χ1) is 24.5. The van der Waals surface area contributed by atoms with Gasteiger partial charge in [0.2, 0.25) is 0 Å². The van der Waals surface area contributed by atoms with E-state index in [4.69, 9.17) is 37.7 Å². The summed E-state index contributed by atoms with van der Waals surface area (Å²) in [6.45, 7) is 6.49. The summed E-state index contributed by atoms with van der Waals surface area (Å²) in [7, 11) is 2.99. The average Bonchev–Trinajstić information content (AvgIpc) is 3.28. The van der Waals surface area contributed by atoms with E-state index in [1.54, 1.807) is 13.1 Å². The molecule has 1 amide bonds. The zero-order chi connectivity index (χ0) is 36.5. The lowest BCUT2D eigenvalue weighted by Crippen LogP contribution is -2.34. The van der Waals surface area contributed by atoms with Crippen LogP contribution in [0.2, 0.25) is 10.0 Å². The van der Waals surface area contributed by atoms with Crippen LogP contribution >= 0.6 is 23.2 Å². The largest absolute Gasteiger partial charge is 0.573 e. The van der Waals surface area contributed by atoms with Crippen LogP contribution in [0.25, 0.3) is 0 Å². The van der Waals surface area contributed by atoms with E-state index < -0.39 is 18.0 Å². The lowest BCUT2D eigenvalue weighted by Gasteiger charge is -2.28. The maximum absolute atomic E-state index is 13.7. The second kappa shape index (κ2) is 17.9. The number of hydrogen-bond acceptors (Lipinski definition) is 6. The van der Waals surface area contributed by atoms with Crippen LogP contribution in [0.5, 0.6) is 11.5 Å². The highest BCUT2D eigenvalue weighted by Gasteiger charge is 2.33. The minimum absolute atomic E-state index is 0.0247. The molecule has 3 aromatic rings. The van der Waals surface area contributed by atoms with E-state index in [1.807, 2.05) is 19.1 Å². The maximum Gasteiger partial charge on any atom is 0.573 e. The van der Waals surface area contributed by atoms with Crippen LogP contribution in [0.3, 0.4) is 0 Å². The number of carbonyl (C=O) groups is 1. The molecule has 0 bridgehead atoms. The second-order valence-electron chi connectivity index (χ2n) is 13.3. The number of methoxy groups -OCH3 is 1. The summed E-state index contributed by atoms with van der Waals surface area (Å²) >= 11 is 12.7. The van der Waals surface area contributed by atoms with Gasteiger partial charge in [0.25, 0.3) is 5.91 Å². The first-order valence-corrected chi connectivity index (χ1v) is 18.3. The number of likely N-dealkylation sites (tertiary alicyclic amines) is 1. The molecule has 276 valence electrons. The average molecular weight is 749 g/mol. The van der Waals surface area contributed by atoms with Gasteiger partial charge in [0.1, 0.15) is 11.5 Å². The Kier molecular flexibility index (Phi) is 13.7. The predicted octanol–water partition coefficient (Wildman–Crippen LogP) is 9.94. The molecule has 1 saturated heterocycles. The first-order valence-electron chi connectivity index (χ1n) is 17.6. The van der Waals surface area contributed by atoms with E-state index in [2.05, 4.69) is 33.9 Å². The number of rotatable bonds is 15. The number of fused-ring (bicyclic) bond motifs is 1. The van der Waals surface area contributed by atoms with Gasteiger partial charge in [-0.25, -0.2) is 0 Å². The van der Waals surface area contributed by atoms with Gasteiger partial charge in [0, 0.05) is 44.4 Å². The maximum atomic E-state index is 13.7. The molecule has 0 saturated carbocycles. The number of nitrogens with zero attached hydrogens (tertiary/aromatic N) is 3. The van der Waals surface area contributed by atoms with E-state index in [9.17, 15) is 18.0 Å². The van der Waals surface area contributed by atoms with Crippen molar-refractivity contribution in [3.05, 3.63) is 87.4 Å². The van der Waals surface area contributed by atoms with Crippen molar-refractivity contribution < 1.29 is 32.2 Å². The third kappa shape index (κ3) is 10.6. The summed E-state index contributed by atoms with van der Waals surface area (Å²) in [5.41, 5.74) is 4.56. The van der Waals surface area contributed by atoms with Crippen molar-refractivity contribution in [2.75, 3.05) is 53.6 Å². The number of hydrogen-bond donors (Lipinski definition) is 0. The van der Waals surface area contributed by atoms with E-state index in [0.717, 1.165) is 88.1 Å². The lowest BCUT2D eigenvalue weighted by atomic mass is 9.85. The minimum Gasteiger partial charge on any atom is -0.496 e. The monoisotopic (exact) mass is 747 g/mol. The van der Waals surface area contributed by atoms with Gasteiger partial charge in [0.15, 0.2) is 0 Å². The first kappa shape index (κ1) is 38.9. The Morgan fingerprint density at radius 3 is 2.61 bits per heavy atom. The molecule has 3 atom stereocenters. The summed E-state index contributed by atoms with van der Waals surface area (Å²) in [6, 6.07) is 17.4. The van der Waals surface area contributed by atoms with Gasteiger partial charge in [-0.2, -0.15) is 0 Å². The van der Waals surface area contributed by atoms with Crippen molar-refractivity contribution in [3.63, 3.8) is 0 Å². The van der Waals surface area contributed by atoms with Crippen LogP contribution in [-0.4, -0.2) is 81.3 Å². The molecule has 0 radical (unpaired) electrons. The van der Waals surface area contributed by atoms with E-state index in [1.165, 1.54) is 29.4 Å². The van der Waals surface area contributed by atoms with Crippen LogP contribution < -0.4 is 9.47 Å². The number of amides is 1. The topological polar surface area (TPSA) is 63.6 Å². The third-order valence-electron chi connectivity index (χ3n) is 9.86. The van der Waals surface area contributed by atoms with Crippen LogP contribution in [0, 0.1) is 5.92 Å². The van der Waals surface area contributed by atoms with Gasteiger partial charge in [0.05, 0.1) is 28.4 Å². The van der Waals surface area contributed by atoms with Crippen molar-refractivity contribution in [2.45, 2.75) is 63.6 Å². The quantitative estimate of drug-likeness (QED) is 0.145. The molecule has 0 N–H and O–H groups in total. The molecule has 7 nitrogen and oxygen atoms in total. The smallest absolute Gasteiger partial charge is 0.496 e. The van der Waals surface area contributed by atoms with Gasteiger partial charge in [-0.05, 0) is 119 Å². The zero-order valence-electron chi connectivity index (χ0n) is 29.4. The molecule has 2 heterocycles. The third-order valence-corrected chi connectivity index (χ3v) is 10.6. The number of halogens is 5. The molecule has 3 aromatic carbocycles. The summed E-state index contributed by atoms with van der Waals surface area (Å²) in [5.74, 6) is -0.104. The molecule has 5 rings (SSSR count). The Labute approximate surface area is 308 Å². The molecule has 12 heteroatoms. The Morgan fingerprint density at radius 1 is 1.06 bits per heavy atom. The molecule has 51 heavy (non-hydrogen) atoms. The van der Waals surface area contributed by atoms with Crippen LogP contribution in [0.4, 0.5) is 18.9 Å². The fourth-order valence-corrected chi connectivity index (χ4v) is 7.55. The predicted molar refractivity (Wildman–Crippen MR) is 196 cm³/mol.